The van der Waals surface area contributed by atoms with Crippen molar-refractivity contribution >= 4 is 21.5 Å². The summed E-state index contributed by atoms with van der Waals surface area (Å²) in [4.78, 5) is 12.6. The Hall–Kier alpha value is -2.55. The monoisotopic (exact) mass is 425 g/mol. The Kier molecular flexibility index (Phi) is 5.02. The maximum Gasteiger partial charge on any atom is 0.333 e. The number of halogens is 1. The molecule has 11 nitrogen and oxygen atoms in total. The SMILES string of the molecule is NS(=O)(=O)OC[C@H]1O[C@@H](n2cnc3c(-c4ccc(F)cc4)ncnc32)[C@H](O)[C@@H]1O. The molecule has 3 aromatic rings. The topological polar surface area (TPSA) is 163 Å². The number of hydrogen-bond donors (Lipinski definition) is 3. The van der Waals surface area contributed by atoms with Crippen molar-refractivity contribution in [3.8, 4) is 11.3 Å². The van der Waals surface area contributed by atoms with Crippen LogP contribution in [0.4, 0.5) is 4.39 Å². The van der Waals surface area contributed by atoms with Gasteiger partial charge in [0.1, 0.15) is 41.7 Å². The fourth-order valence-corrected chi connectivity index (χ4v) is 3.44. The van der Waals surface area contributed by atoms with Crippen LogP contribution >= 0.6 is 0 Å². The van der Waals surface area contributed by atoms with E-state index in [1.54, 1.807) is 12.1 Å². The second-order valence-electron chi connectivity index (χ2n) is 6.38. The van der Waals surface area contributed by atoms with Crippen LogP contribution in [0.15, 0.2) is 36.9 Å². The summed E-state index contributed by atoms with van der Waals surface area (Å²) in [6.07, 6.45) is -2.48. The number of rotatable bonds is 5. The molecule has 29 heavy (non-hydrogen) atoms. The smallest absolute Gasteiger partial charge is 0.333 e. The molecule has 1 aliphatic rings. The third-order valence-electron chi connectivity index (χ3n) is 4.48. The van der Waals surface area contributed by atoms with Crippen LogP contribution in [0, 0.1) is 5.82 Å². The van der Waals surface area contributed by atoms with Gasteiger partial charge in [0.15, 0.2) is 11.9 Å². The van der Waals surface area contributed by atoms with Gasteiger partial charge in [-0.1, -0.05) is 0 Å². The first-order valence-corrected chi connectivity index (χ1v) is 9.84. The zero-order valence-corrected chi connectivity index (χ0v) is 15.5. The number of ether oxygens (including phenoxy) is 1. The second-order valence-corrected chi connectivity index (χ2v) is 7.60. The third kappa shape index (κ3) is 3.83. The molecule has 0 saturated carbocycles. The number of hydrogen-bond acceptors (Lipinski definition) is 9. The van der Waals surface area contributed by atoms with Crippen LogP contribution in [0.5, 0.6) is 0 Å². The molecule has 4 atom stereocenters. The Morgan fingerprint density at radius 2 is 1.90 bits per heavy atom. The van der Waals surface area contributed by atoms with E-state index in [0.29, 0.717) is 22.4 Å². The van der Waals surface area contributed by atoms with Crippen LogP contribution in [0.25, 0.3) is 22.4 Å². The van der Waals surface area contributed by atoms with E-state index in [9.17, 15) is 23.0 Å². The number of benzene rings is 1. The van der Waals surface area contributed by atoms with E-state index in [2.05, 4.69) is 19.1 Å². The molecular formula is C16H16FN5O6S. The molecule has 13 heteroatoms. The molecule has 1 saturated heterocycles. The van der Waals surface area contributed by atoms with Gasteiger partial charge in [0.2, 0.25) is 0 Å². The summed E-state index contributed by atoms with van der Waals surface area (Å²) in [6, 6.07) is 5.66. The predicted octanol–water partition coefficient (Wildman–Crippen LogP) is -0.528. The van der Waals surface area contributed by atoms with E-state index in [1.165, 1.54) is 29.4 Å². The highest BCUT2D eigenvalue weighted by molar-refractivity contribution is 7.84. The van der Waals surface area contributed by atoms with Gasteiger partial charge in [-0.05, 0) is 24.3 Å². The van der Waals surface area contributed by atoms with E-state index in [-0.39, 0.29) is 0 Å². The molecule has 0 radical (unpaired) electrons. The van der Waals surface area contributed by atoms with Gasteiger partial charge >= 0.3 is 10.3 Å². The Bertz CT molecular complexity index is 1140. The van der Waals surface area contributed by atoms with Crippen molar-refractivity contribution in [3.63, 3.8) is 0 Å². The molecule has 1 fully saturated rings. The molecule has 154 valence electrons. The highest BCUT2D eigenvalue weighted by atomic mass is 32.2. The number of aliphatic hydroxyl groups is 2. The van der Waals surface area contributed by atoms with Crippen molar-refractivity contribution in [3.05, 3.63) is 42.7 Å². The average Bonchev–Trinajstić information content (AvgIpc) is 3.22. The molecule has 0 unspecified atom stereocenters. The lowest BCUT2D eigenvalue weighted by Crippen LogP contribution is -2.35. The Morgan fingerprint density at radius 1 is 1.17 bits per heavy atom. The predicted molar refractivity (Wildman–Crippen MR) is 95.7 cm³/mol. The summed E-state index contributed by atoms with van der Waals surface area (Å²) >= 11 is 0. The summed E-state index contributed by atoms with van der Waals surface area (Å²) in [6.45, 7) is -0.573. The van der Waals surface area contributed by atoms with Gasteiger partial charge in [-0.25, -0.2) is 24.5 Å². The minimum atomic E-state index is -4.24. The zero-order valence-electron chi connectivity index (χ0n) is 14.7. The summed E-state index contributed by atoms with van der Waals surface area (Å²) < 4.78 is 46.5. The minimum Gasteiger partial charge on any atom is -0.387 e. The van der Waals surface area contributed by atoms with E-state index < -0.39 is 47.3 Å². The van der Waals surface area contributed by atoms with Gasteiger partial charge in [0.25, 0.3) is 0 Å². The first kappa shape index (κ1) is 19.8. The van der Waals surface area contributed by atoms with E-state index >= 15 is 0 Å². The lowest BCUT2D eigenvalue weighted by atomic mass is 10.1. The number of aromatic nitrogens is 4. The average molecular weight is 425 g/mol. The maximum absolute atomic E-state index is 13.2. The molecule has 2 aromatic heterocycles. The highest BCUT2D eigenvalue weighted by Gasteiger charge is 2.45. The molecule has 4 N–H and O–H groups in total. The number of aliphatic hydroxyl groups excluding tert-OH is 2. The number of nitrogens with two attached hydrogens (primary N) is 1. The summed E-state index contributed by atoms with van der Waals surface area (Å²) in [5, 5.41) is 25.3. The van der Waals surface area contributed by atoms with Crippen LogP contribution < -0.4 is 5.14 Å². The van der Waals surface area contributed by atoms with Crippen molar-refractivity contribution in [1.82, 2.24) is 19.5 Å². The number of nitrogens with zero attached hydrogens (tertiary/aromatic N) is 4. The lowest BCUT2D eigenvalue weighted by molar-refractivity contribution is -0.0467. The van der Waals surface area contributed by atoms with Crippen LogP contribution in [-0.4, -0.2) is 63.1 Å². The fraction of sp³-hybridized carbons (Fsp3) is 0.312. The molecule has 1 aliphatic heterocycles. The minimum absolute atomic E-state index is 0.295. The van der Waals surface area contributed by atoms with Gasteiger partial charge in [0, 0.05) is 5.56 Å². The Morgan fingerprint density at radius 3 is 2.59 bits per heavy atom. The quantitative estimate of drug-likeness (QED) is 0.488. The third-order valence-corrected chi connectivity index (χ3v) is 4.95. The van der Waals surface area contributed by atoms with Gasteiger partial charge in [0.05, 0.1) is 12.9 Å². The van der Waals surface area contributed by atoms with Crippen LogP contribution in [-0.2, 0) is 19.2 Å². The van der Waals surface area contributed by atoms with Crippen molar-refractivity contribution in [2.75, 3.05) is 6.61 Å². The van der Waals surface area contributed by atoms with E-state index in [0.717, 1.165) is 0 Å². The first-order valence-electron chi connectivity index (χ1n) is 8.37. The summed E-state index contributed by atoms with van der Waals surface area (Å²) in [5.41, 5.74) is 1.71. The van der Waals surface area contributed by atoms with E-state index in [4.69, 9.17) is 9.88 Å². The molecule has 0 aliphatic carbocycles. The number of imidazole rings is 1. The molecule has 3 heterocycles. The molecular weight excluding hydrogens is 409 g/mol. The Labute approximate surface area is 163 Å². The fourth-order valence-electron chi connectivity index (χ4n) is 3.12. The van der Waals surface area contributed by atoms with Gasteiger partial charge < -0.3 is 14.9 Å². The normalized spacial score (nSPS) is 25.0. The van der Waals surface area contributed by atoms with Crippen molar-refractivity contribution in [2.45, 2.75) is 24.5 Å². The van der Waals surface area contributed by atoms with Crippen molar-refractivity contribution in [1.29, 1.82) is 0 Å². The van der Waals surface area contributed by atoms with Gasteiger partial charge in [-0.3, -0.25) is 8.75 Å². The standard InChI is InChI=1S/C16H16FN5O6S/c17-9-3-1-8(2-4-9)11-12-15(20-6-19-11)22(7-21-12)16-14(24)13(23)10(28-16)5-27-29(18,25)26/h1-4,6-7,10,13-14,16,23-24H,5H2,(H2,18,25,26)/t10-,13-,14-,16-/m1/s1. The van der Waals surface area contributed by atoms with Crippen molar-refractivity contribution < 1.29 is 31.9 Å². The van der Waals surface area contributed by atoms with Gasteiger partial charge in [-0.2, -0.15) is 8.42 Å². The molecule has 0 amide bonds. The first-order chi connectivity index (χ1) is 13.7. The summed E-state index contributed by atoms with van der Waals surface area (Å²) in [5.74, 6) is -0.395. The molecule has 0 bridgehead atoms. The van der Waals surface area contributed by atoms with Crippen LogP contribution in [0.2, 0.25) is 0 Å². The van der Waals surface area contributed by atoms with Crippen molar-refractivity contribution in [2.24, 2.45) is 5.14 Å². The number of fused-ring (bicyclic) bond motifs is 1. The highest BCUT2D eigenvalue weighted by Crippen LogP contribution is 2.33. The zero-order chi connectivity index (χ0) is 20.8. The Balaban J connectivity index is 1.66. The molecule has 1 aromatic carbocycles. The lowest BCUT2D eigenvalue weighted by Gasteiger charge is -2.16. The van der Waals surface area contributed by atoms with E-state index in [1.807, 2.05) is 0 Å². The van der Waals surface area contributed by atoms with Crippen LogP contribution in [0.1, 0.15) is 6.23 Å². The molecule has 4 rings (SSSR count). The molecule has 0 spiro atoms. The second kappa shape index (κ2) is 7.37. The largest absolute Gasteiger partial charge is 0.387 e. The van der Waals surface area contributed by atoms with Crippen LogP contribution in [0.3, 0.4) is 0 Å². The maximum atomic E-state index is 13.2. The van der Waals surface area contributed by atoms with Gasteiger partial charge in [-0.15, -0.1) is 0 Å². The summed E-state index contributed by atoms with van der Waals surface area (Å²) in [7, 11) is -4.24.